The average Bonchev–Trinajstić information content (AvgIpc) is 2.89. The Balaban J connectivity index is 2.20. The Hall–Kier alpha value is -1.82. The molecule has 3 heteroatoms. The largest absolute Gasteiger partial charge is 0.322 e. The van der Waals surface area contributed by atoms with Crippen molar-refractivity contribution in [3.05, 3.63) is 35.4 Å². The molecule has 2 rings (SSSR count). The summed E-state index contributed by atoms with van der Waals surface area (Å²) in [7, 11) is 0. The number of amides is 1. The predicted octanol–water partition coefficient (Wildman–Crippen LogP) is 2.90. The van der Waals surface area contributed by atoms with Gasteiger partial charge in [0, 0.05) is 11.6 Å². The van der Waals surface area contributed by atoms with Crippen LogP contribution in [0.15, 0.2) is 24.3 Å². The van der Waals surface area contributed by atoms with Gasteiger partial charge in [-0.15, -0.1) is 0 Å². The van der Waals surface area contributed by atoms with Crippen LogP contribution in [0.1, 0.15) is 41.6 Å². The first-order valence-electron chi connectivity index (χ1n) is 6.47. The highest BCUT2D eigenvalue weighted by molar-refractivity contribution is 5.94. The predicted molar refractivity (Wildman–Crippen MR) is 70.1 cm³/mol. The van der Waals surface area contributed by atoms with Crippen molar-refractivity contribution in [3.8, 4) is 6.07 Å². The molecule has 18 heavy (non-hydrogen) atoms. The van der Waals surface area contributed by atoms with E-state index in [2.05, 4.69) is 6.07 Å². The fraction of sp³-hybridized carbons (Fsp3) is 0.467. The Morgan fingerprint density at radius 1 is 1.44 bits per heavy atom. The Labute approximate surface area is 108 Å². The van der Waals surface area contributed by atoms with Crippen LogP contribution in [0, 0.1) is 18.3 Å². The lowest BCUT2D eigenvalue weighted by Crippen LogP contribution is -2.39. The molecule has 0 unspecified atom stereocenters. The maximum atomic E-state index is 12.4. The van der Waals surface area contributed by atoms with Gasteiger partial charge in [-0.05, 0) is 31.9 Å². The fourth-order valence-corrected chi connectivity index (χ4v) is 2.60. The molecule has 1 saturated carbocycles. The Morgan fingerprint density at radius 2 is 2.17 bits per heavy atom. The van der Waals surface area contributed by atoms with Gasteiger partial charge < -0.3 is 4.90 Å². The first kappa shape index (κ1) is 12.6. The summed E-state index contributed by atoms with van der Waals surface area (Å²) in [5.74, 6) is -0.00727. The smallest absolute Gasteiger partial charge is 0.254 e. The summed E-state index contributed by atoms with van der Waals surface area (Å²) < 4.78 is 0. The molecule has 0 aromatic heterocycles. The number of carbonyl (C=O) groups is 1. The molecular formula is C15H18N2O. The second kappa shape index (κ2) is 5.68. The van der Waals surface area contributed by atoms with Gasteiger partial charge in [0.05, 0.1) is 6.07 Å². The molecule has 0 bridgehead atoms. The average molecular weight is 242 g/mol. The molecule has 1 amide bonds. The van der Waals surface area contributed by atoms with Gasteiger partial charge in [-0.2, -0.15) is 5.26 Å². The van der Waals surface area contributed by atoms with Gasteiger partial charge in [0.2, 0.25) is 0 Å². The van der Waals surface area contributed by atoms with Crippen LogP contribution in [0.2, 0.25) is 0 Å². The van der Waals surface area contributed by atoms with Gasteiger partial charge in [-0.25, -0.2) is 0 Å². The zero-order valence-corrected chi connectivity index (χ0v) is 10.7. The van der Waals surface area contributed by atoms with Crippen molar-refractivity contribution in [2.24, 2.45) is 0 Å². The lowest BCUT2D eigenvalue weighted by Gasteiger charge is -2.26. The standard InChI is InChI=1S/C15H18N2O/c1-12-5-4-6-13(11-12)15(18)17(10-9-16)14-7-2-3-8-14/h4-6,11,14H,2-3,7-8,10H2,1H3. The van der Waals surface area contributed by atoms with Crippen molar-refractivity contribution in [1.82, 2.24) is 4.90 Å². The highest BCUT2D eigenvalue weighted by Crippen LogP contribution is 2.24. The SMILES string of the molecule is Cc1cccc(C(=O)N(CC#N)C2CCCC2)c1. The number of benzene rings is 1. The second-order valence-corrected chi connectivity index (χ2v) is 4.90. The monoisotopic (exact) mass is 242 g/mol. The molecule has 1 aliphatic carbocycles. The number of aryl methyl sites for hydroxylation is 1. The summed E-state index contributed by atoms with van der Waals surface area (Å²) in [5.41, 5.74) is 1.77. The Morgan fingerprint density at radius 3 is 2.78 bits per heavy atom. The first-order chi connectivity index (χ1) is 8.72. The number of hydrogen-bond donors (Lipinski definition) is 0. The Bertz CT molecular complexity index is 470. The van der Waals surface area contributed by atoms with Crippen LogP contribution < -0.4 is 0 Å². The lowest BCUT2D eigenvalue weighted by molar-refractivity contribution is 0.0709. The number of hydrogen-bond acceptors (Lipinski definition) is 2. The summed E-state index contributed by atoms with van der Waals surface area (Å²) in [4.78, 5) is 14.2. The van der Waals surface area contributed by atoms with Crippen LogP contribution in [0.4, 0.5) is 0 Å². The van der Waals surface area contributed by atoms with Gasteiger partial charge >= 0.3 is 0 Å². The zero-order valence-electron chi connectivity index (χ0n) is 10.7. The van der Waals surface area contributed by atoms with Crippen molar-refractivity contribution in [1.29, 1.82) is 5.26 Å². The van der Waals surface area contributed by atoms with Crippen LogP contribution in [0.5, 0.6) is 0 Å². The molecule has 0 aliphatic heterocycles. The summed E-state index contributed by atoms with van der Waals surface area (Å²) in [6.07, 6.45) is 4.37. The highest BCUT2D eigenvalue weighted by Gasteiger charge is 2.27. The van der Waals surface area contributed by atoms with Gasteiger partial charge in [0.25, 0.3) is 5.91 Å². The third-order valence-corrected chi connectivity index (χ3v) is 3.53. The van der Waals surface area contributed by atoms with Crippen molar-refractivity contribution in [2.75, 3.05) is 6.54 Å². The van der Waals surface area contributed by atoms with Crippen LogP contribution >= 0.6 is 0 Å². The van der Waals surface area contributed by atoms with Gasteiger partial charge in [0.1, 0.15) is 6.54 Å². The van der Waals surface area contributed by atoms with E-state index in [-0.39, 0.29) is 18.5 Å². The highest BCUT2D eigenvalue weighted by atomic mass is 16.2. The van der Waals surface area contributed by atoms with E-state index in [1.165, 1.54) is 0 Å². The normalized spacial score (nSPS) is 15.3. The van der Waals surface area contributed by atoms with Crippen molar-refractivity contribution in [3.63, 3.8) is 0 Å². The third-order valence-electron chi connectivity index (χ3n) is 3.53. The number of carbonyl (C=O) groups excluding carboxylic acids is 1. The van der Waals surface area contributed by atoms with E-state index in [0.717, 1.165) is 31.2 Å². The van der Waals surface area contributed by atoms with E-state index in [1.807, 2.05) is 31.2 Å². The van der Waals surface area contributed by atoms with Gasteiger partial charge in [-0.3, -0.25) is 4.79 Å². The maximum absolute atomic E-state index is 12.4. The van der Waals surface area contributed by atoms with E-state index >= 15 is 0 Å². The van der Waals surface area contributed by atoms with Crippen molar-refractivity contribution >= 4 is 5.91 Å². The van der Waals surface area contributed by atoms with Gasteiger partial charge in [0.15, 0.2) is 0 Å². The lowest BCUT2D eigenvalue weighted by atomic mass is 10.1. The molecule has 1 fully saturated rings. The summed E-state index contributed by atoms with van der Waals surface area (Å²) in [6, 6.07) is 9.95. The fourth-order valence-electron chi connectivity index (χ4n) is 2.60. The molecular weight excluding hydrogens is 224 g/mol. The summed E-state index contributed by atoms with van der Waals surface area (Å²) >= 11 is 0. The molecule has 1 aliphatic rings. The number of rotatable bonds is 3. The summed E-state index contributed by atoms with van der Waals surface area (Å²) in [6.45, 7) is 2.17. The third kappa shape index (κ3) is 2.70. The van der Waals surface area contributed by atoms with Crippen LogP contribution in [-0.4, -0.2) is 23.4 Å². The second-order valence-electron chi connectivity index (χ2n) is 4.90. The molecule has 94 valence electrons. The van der Waals surface area contributed by atoms with Crippen LogP contribution in [-0.2, 0) is 0 Å². The molecule has 0 radical (unpaired) electrons. The molecule has 3 nitrogen and oxygen atoms in total. The van der Waals surface area contributed by atoms with Crippen molar-refractivity contribution < 1.29 is 4.79 Å². The number of nitriles is 1. The van der Waals surface area contributed by atoms with Gasteiger partial charge in [-0.1, -0.05) is 30.5 Å². The molecule has 0 saturated heterocycles. The van der Waals surface area contributed by atoms with E-state index in [0.29, 0.717) is 5.56 Å². The minimum absolute atomic E-state index is 0.00727. The number of nitrogens with zero attached hydrogens (tertiary/aromatic N) is 2. The first-order valence-corrected chi connectivity index (χ1v) is 6.47. The topological polar surface area (TPSA) is 44.1 Å². The minimum Gasteiger partial charge on any atom is -0.322 e. The Kier molecular flexibility index (Phi) is 3.99. The maximum Gasteiger partial charge on any atom is 0.254 e. The summed E-state index contributed by atoms with van der Waals surface area (Å²) in [5, 5.41) is 8.90. The van der Waals surface area contributed by atoms with E-state index in [1.54, 1.807) is 4.90 Å². The molecule has 0 spiro atoms. The van der Waals surface area contributed by atoms with E-state index in [9.17, 15) is 4.79 Å². The van der Waals surface area contributed by atoms with Crippen LogP contribution in [0.3, 0.4) is 0 Å². The molecule has 0 atom stereocenters. The minimum atomic E-state index is -0.00727. The quantitative estimate of drug-likeness (QED) is 0.765. The van der Waals surface area contributed by atoms with Crippen LogP contribution in [0.25, 0.3) is 0 Å². The van der Waals surface area contributed by atoms with E-state index in [4.69, 9.17) is 5.26 Å². The molecule has 1 aromatic carbocycles. The molecule has 0 heterocycles. The zero-order chi connectivity index (χ0) is 13.0. The molecule has 0 N–H and O–H groups in total. The van der Waals surface area contributed by atoms with E-state index < -0.39 is 0 Å². The molecule has 1 aromatic rings. The van der Waals surface area contributed by atoms with Crippen molar-refractivity contribution in [2.45, 2.75) is 38.6 Å².